The number of pyridine rings is 1. The number of ether oxygens (including phenoxy) is 1. The summed E-state index contributed by atoms with van der Waals surface area (Å²) in [6.07, 6.45) is 8.47. The molecule has 1 N–H and O–H groups in total. The monoisotopic (exact) mass is 260 g/mol. The molecule has 2 heterocycles. The summed E-state index contributed by atoms with van der Waals surface area (Å²) >= 11 is 0. The topological polar surface area (TPSA) is 52.0 Å². The maximum atomic E-state index is 5.06. The fourth-order valence-corrected chi connectivity index (χ4v) is 1.89. The molecule has 0 aliphatic carbocycles. The van der Waals surface area contributed by atoms with Gasteiger partial charge in [0.05, 0.1) is 0 Å². The van der Waals surface area contributed by atoms with Crippen molar-refractivity contribution >= 4 is 5.95 Å². The molecule has 2 aromatic rings. The summed E-state index contributed by atoms with van der Waals surface area (Å²) in [5, 5.41) is 3.35. The molecule has 0 amide bonds. The number of hydrogen-bond acceptors (Lipinski definition) is 4. The van der Waals surface area contributed by atoms with Crippen LogP contribution in [0.1, 0.15) is 17.5 Å². The Labute approximate surface area is 113 Å². The van der Waals surface area contributed by atoms with Gasteiger partial charge in [-0.3, -0.25) is 4.98 Å². The lowest BCUT2D eigenvalue weighted by Gasteiger charge is -2.10. The zero-order chi connectivity index (χ0) is 13.5. The van der Waals surface area contributed by atoms with E-state index in [-0.39, 0.29) is 0 Å². The first kappa shape index (κ1) is 13.5. The second-order valence-electron chi connectivity index (χ2n) is 4.45. The van der Waals surface area contributed by atoms with E-state index in [1.165, 1.54) is 11.1 Å². The summed E-state index contributed by atoms with van der Waals surface area (Å²) in [7, 11) is 1.72. The van der Waals surface area contributed by atoms with Crippen molar-refractivity contribution < 1.29 is 4.74 Å². The van der Waals surface area contributed by atoms with Gasteiger partial charge >= 0.3 is 0 Å². The average molecular weight is 260 g/mol. The normalized spacial score (nSPS) is 10.6. The molecular formula is C14H20N4O. The predicted octanol–water partition coefficient (Wildman–Crippen LogP) is 2.24. The molecule has 0 unspecified atom stereocenters. The number of hydrogen-bond donors (Lipinski definition) is 1. The fourth-order valence-electron chi connectivity index (χ4n) is 1.89. The lowest BCUT2D eigenvalue weighted by Crippen LogP contribution is -2.09. The van der Waals surface area contributed by atoms with Gasteiger partial charge in [0.2, 0.25) is 5.95 Å². The highest BCUT2D eigenvalue weighted by molar-refractivity contribution is 5.30. The lowest BCUT2D eigenvalue weighted by atomic mass is 10.2. The van der Waals surface area contributed by atoms with Gasteiger partial charge in [-0.2, -0.15) is 0 Å². The Kier molecular flexibility index (Phi) is 4.92. The van der Waals surface area contributed by atoms with Crippen molar-refractivity contribution in [2.24, 2.45) is 0 Å². The molecule has 5 heteroatoms. The molecule has 0 fully saturated rings. The van der Waals surface area contributed by atoms with Gasteiger partial charge in [0.15, 0.2) is 0 Å². The Hall–Kier alpha value is -1.88. The highest BCUT2D eigenvalue weighted by atomic mass is 16.5. The van der Waals surface area contributed by atoms with E-state index in [0.29, 0.717) is 0 Å². The third-order valence-corrected chi connectivity index (χ3v) is 3.05. The van der Waals surface area contributed by atoms with Crippen LogP contribution < -0.4 is 5.32 Å². The minimum atomic E-state index is 0.737. The van der Waals surface area contributed by atoms with Crippen molar-refractivity contribution in [1.29, 1.82) is 0 Å². The van der Waals surface area contributed by atoms with Crippen molar-refractivity contribution in [1.82, 2.24) is 14.5 Å². The molecule has 0 radical (unpaired) electrons. The number of imidazole rings is 1. The number of nitrogens with zero attached hydrogens (tertiary/aromatic N) is 3. The molecule has 5 nitrogen and oxygen atoms in total. The van der Waals surface area contributed by atoms with Crippen LogP contribution in [0.15, 0.2) is 30.9 Å². The van der Waals surface area contributed by atoms with Crippen LogP contribution in [-0.4, -0.2) is 28.3 Å². The Balaban J connectivity index is 1.93. The van der Waals surface area contributed by atoms with Gasteiger partial charge in [-0.25, -0.2) is 4.98 Å². The van der Waals surface area contributed by atoms with E-state index in [2.05, 4.69) is 26.8 Å². The number of rotatable bonds is 7. The van der Waals surface area contributed by atoms with Gasteiger partial charge in [0.25, 0.3) is 0 Å². The second-order valence-corrected chi connectivity index (χ2v) is 4.45. The van der Waals surface area contributed by atoms with E-state index in [0.717, 1.165) is 32.1 Å². The van der Waals surface area contributed by atoms with Gasteiger partial charge in [0, 0.05) is 51.6 Å². The van der Waals surface area contributed by atoms with Crippen molar-refractivity contribution in [2.75, 3.05) is 19.0 Å². The van der Waals surface area contributed by atoms with Gasteiger partial charge in [-0.15, -0.1) is 0 Å². The summed E-state index contributed by atoms with van der Waals surface area (Å²) in [5.41, 5.74) is 2.42. The Morgan fingerprint density at radius 1 is 1.37 bits per heavy atom. The van der Waals surface area contributed by atoms with Crippen LogP contribution in [0.2, 0.25) is 0 Å². The third kappa shape index (κ3) is 3.79. The standard InChI is InChI=1S/C14H20N4O/c1-12-4-5-15-10-13(12)11-17-14-16-6-8-18(14)7-3-9-19-2/h4-6,8,10H,3,7,9,11H2,1-2H3,(H,16,17). The maximum absolute atomic E-state index is 5.06. The van der Waals surface area contributed by atoms with Crippen molar-refractivity contribution in [3.63, 3.8) is 0 Å². The lowest BCUT2D eigenvalue weighted by molar-refractivity contribution is 0.190. The minimum Gasteiger partial charge on any atom is -0.385 e. The first-order valence-corrected chi connectivity index (χ1v) is 6.44. The molecular weight excluding hydrogens is 240 g/mol. The van der Waals surface area contributed by atoms with Crippen LogP contribution in [-0.2, 0) is 17.8 Å². The zero-order valence-corrected chi connectivity index (χ0v) is 11.5. The Morgan fingerprint density at radius 3 is 3.05 bits per heavy atom. The van der Waals surface area contributed by atoms with Crippen molar-refractivity contribution in [3.8, 4) is 0 Å². The van der Waals surface area contributed by atoms with Crippen LogP contribution in [0, 0.1) is 6.92 Å². The van der Waals surface area contributed by atoms with Crippen LogP contribution in [0.3, 0.4) is 0 Å². The van der Waals surface area contributed by atoms with Gasteiger partial charge in [-0.05, 0) is 30.5 Å². The van der Waals surface area contributed by atoms with E-state index in [1.54, 1.807) is 7.11 Å². The molecule has 0 saturated carbocycles. The van der Waals surface area contributed by atoms with E-state index in [1.807, 2.05) is 30.9 Å². The summed E-state index contributed by atoms with van der Waals surface area (Å²) < 4.78 is 7.16. The summed E-state index contributed by atoms with van der Waals surface area (Å²) in [6, 6.07) is 2.02. The van der Waals surface area contributed by atoms with E-state index in [9.17, 15) is 0 Å². The zero-order valence-electron chi connectivity index (χ0n) is 11.5. The number of aryl methyl sites for hydroxylation is 2. The number of aromatic nitrogens is 3. The van der Waals surface area contributed by atoms with Crippen molar-refractivity contribution in [3.05, 3.63) is 42.0 Å². The molecule has 0 saturated heterocycles. The highest BCUT2D eigenvalue weighted by Crippen LogP contribution is 2.10. The van der Waals surface area contributed by atoms with E-state index < -0.39 is 0 Å². The quantitative estimate of drug-likeness (QED) is 0.776. The van der Waals surface area contributed by atoms with Gasteiger partial charge < -0.3 is 14.6 Å². The highest BCUT2D eigenvalue weighted by Gasteiger charge is 2.03. The molecule has 0 aliphatic rings. The maximum Gasteiger partial charge on any atom is 0.203 e. The molecule has 0 spiro atoms. The molecule has 0 aromatic carbocycles. The number of methoxy groups -OCH3 is 1. The van der Waals surface area contributed by atoms with E-state index >= 15 is 0 Å². The van der Waals surface area contributed by atoms with Crippen LogP contribution in [0.25, 0.3) is 0 Å². The smallest absolute Gasteiger partial charge is 0.203 e. The van der Waals surface area contributed by atoms with Gasteiger partial charge in [-0.1, -0.05) is 0 Å². The molecule has 102 valence electrons. The Morgan fingerprint density at radius 2 is 2.26 bits per heavy atom. The molecule has 2 aromatic heterocycles. The minimum absolute atomic E-state index is 0.737. The molecule has 0 bridgehead atoms. The first-order chi connectivity index (χ1) is 9.31. The van der Waals surface area contributed by atoms with Crippen molar-refractivity contribution in [2.45, 2.75) is 26.4 Å². The van der Waals surface area contributed by atoms with E-state index in [4.69, 9.17) is 4.74 Å². The average Bonchev–Trinajstić information content (AvgIpc) is 2.86. The third-order valence-electron chi connectivity index (χ3n) is 3.05. The predicted molar refractivity (Wildman–Crippen MR) is 75.0 cm³/mol. The molecule has 0 aliphatic heterocycles. The molecule has 2 rings (SSSR count). The van der Waals surface area contributed by atoms with Crippen LogP contribution in [0.5, 0.6) is 0 Å². The molecule has 0 atom stereocenters. The van der Waals surface area contributed by atoms with Crippen LogP contribution >= 0.6 is 0 Å². The Bertz CT molecular complexity index is 510. The summed E-state index contributed by atoms with van der Waals surface area (Å²) in [6.45, 7) is 4.49. The number of nitrogens with one attached hydrogen (secondary N) is 1. The SMILES string of the molecule is COCCCn1ccnc1NCc1cnccc1C. The first-order valence-electron chi connectivity index (χ1n) is 6.44. The summed E-state index contributed by atoms with van der Waals surface area (Å²) in [4.78, 5) is 8.48. The number of anilines is 1. The summed E-state index contributed by atoms with van der Waals surface area (Å²) in [5.74, 6) is 0.888. The van der Waals surface area contributed by atoms with Gasteiger partial charge in [0.1, 0.15) is 0 Å². The fraction of sp³-hybridized carbons (Fsp3) is 0.429. The largest absolute Gasteiger partial charge is 0.385 e. The molecule has 19 heavy (non-hydrogen) atoms. The second kappa shape index (κ2) is 6.89. The van der Waals surface area contributed by atoms with Crippen LogP contribution in [0.4, 0.5) is 5.95 Å².